The highest BCUT2D eigenvalue weighted by Crippen LogP contribution is 2.37. The maximum Gasteiger partial charge on any atom is 0.191 e. The molecule has 0 aromatic heterocycles. The number of fused-ring (bicyclic) bond motifs is 1. The Morgan fingerprint density at radius 1 is 1.38 bits per heavy atom. The van der Waals surface area contributed by atoms with Crippen LogP contribution in [0.4, 0.5) is 0 Å². The molecule has 3 atom stereocenters. The zero-order chi connectivity index (χ0) is 16.1. The van der Waals surface area contributed by atoms with Crippen molar-refractivity contribution in [3.8, 4) is 0 Å². The van der Waals surface area contributed by atoms with Gasteiger partial charge in [0.1, 0.15) is 0 Å². The average molecular weight is 468 g/mol. The van der Waals surface area contributed by atoms with E-state index in [0.29, 0.717) is 10.8 Å². The van der Waals surface area contributed by atoms with Crippen LogP contribution in [0.25, 0.3) is 0 Å². The van der Waals surface area contributed by atoms with Crippen molar-refractivity contribution in [2.24, 2.45) is 4.99 Å². The van der Waals surface area contributed by atoms with Crippen molar-refractivity contribution in [3.63, 3.8) is 0 Å². The van der Waals surface area contributed by atoms with Gasteiger partial charge in [0.2, 0.25) is 0 Å². The maximum atomic E-state index is 6.03. The van der Waals surface area contributed by atoms with Gasteiger partial charge in [-0.3, -0.25) is 9.89 Å². The first-order chi connectivity index (χ1) is 11.2. The van der Waals surface area contributed by atoms with E-state index in [2.05, 4.69) is 41.1 Å². The van der Waals surface area contributed by atoms with Crippen molar-refractivity contribution >= 4 is 41.7 Å². The molecule has 3 rings (SSSR count). The number of nitrogens with zero attached hydrogens (tertiary/aromatic N) is 2. The van der Waals surface area contributed by atoms with E-state index in [0.717, 1.165) is 38.7 Å². The summed E-state index contributed by atoms with van der Waals surface area (Å²) >= 11 is 2.07. The molecule has 24 heavy (non-hydrogen) atoms. The summed E-state index contributed by atoms with van der Waals surface area (Å²) < 4.78 is 6.35. The normalized spacial score (nSPS) is 33.8. The van der Waals surface area contributed by atoms with Crippen molar-refractivity contribution in [1.29, 1.82) is 0 Å². The van der Waals surface area contributed by atoms with Crippen LogP contribution in [0, 0.1) is 0 Å². The number of thioether (sulfide) groups is 1. The number of morpholine rings is 1. The molecule has 7 heteroatoms. The van der Waals surface area contributed by atoms with Crippen LogP contribution in [0.1, 0.15) is 39.5 Å². The Kier molecular flexibility index (Phi) is 8.43. The second-order valence-electron chi connectivity index (χ2n) is 7.22. The van der Waals surface area contributed by atoms with Crippen LogP contribution in [0.3, 0.4) is 0 Å². The van der Waals surface area contributed by atoms with E-state index in [4.69, 9.17) is 9.73 Å². The lowest BCUT2D eigenvalue weighted by molar-refractivity contribution is -0.0453. The van der Waals surface area contributed by atoms with Gasteiger partial charge >= 0.3 is 0 Å². The summed E-state index contributed by atoms with van der Waals surface area (Å²) in [6.07, 6.45) is 5.52. The average Bonchev–Trinajstić information content (AvgIpc) is 3.19. The predicted octanol–water partition coefficient (Wildman–Crippen LogP) is 2.31. The van der Waals surface area contributed by atoms with E-state index in [-0.39, 0.29) is 30.1 Å². The molecule has 0 aromatic rings. The van der Waals surface area contributed by atoms with Crippen LogP contribution in [0.15, 0.2) is 4.99 Å². The molecule has 3 unspecified atom stereocenters. The lowest BCUT2D eigenvalue weighted by Crippen LogP contribution is -2.51. The van der Waals surface area contributed by atoms with E-state index < -0.39 is 0 Å². The molecule has 3 fully saturated rings. The molecule has 5 nitrogen and oxygen atoms in total. The second-order valence-corrected chi connectivity index (χ2v) is 8.91. The number of hydrogen-bond acceptors (Lipinski definition) is 4. The van der Waals surface area contributed by atoms with Crippen LogP contribution in [-0.4, -0.2) is 72.8 Å². The Morgan fingerprint density at radius 3 is 3.00 bits per heavy atom. The highest BCUT2D eigenvalue weighted by molar-refractivity contribution is 14.0. The Labute approximate surface area is 168 Å². The summed E-state index contributed by atoms with van der Waals surface area (Å²) in [7, 11) is 0. The summed E-state index contributed by atoms with van der Waals surface area (Å²) in [6.45, 7) is 10.3. The Balaban J connectivity index is 0.00000208. The molecule has 0 spiro atoms. The third-order valence-electron chi connectivity index (χ3n) is 5.18. The summed E-state index contributed by atoms with van der Waals surface area (Å²) in [5.74, 6) is 2.22. The van der Waals surface area contributed by atoms with Gasteiger partial charge in [-0.2, -0.15) is 11.8 Å². The molecule has 0 aliphatic carbocycles. The highest BCUT2D eigenvalue weighted by Gasteiger charge is 2.32. The van der Waals surface area contributed by atoms with E-state index in [9.17, 15) is 0 Å². The van der Waals surface area contributed by atoms with Crippen molar-refractivity contribution in [2.45, 2.75) is 56.4 Å². The van der Waals surface area contributed by atoms with Crippen molar-refractivity contribution in [2.75, 3.05) is 45.1 Å². The SMILES string of the molecule is CCNC(=NCC1(C)CCCS1)NCC1CN2CCCC2CO1.I. The molecule has 0 aromatic carbocycles. The largest absolute Gasteiger partial charge is 0.373 e. The van der Waals surface area contributed by atoms with Gasteiger partial charge in [0.05, 0.1) is 19.3 Å². The first kappa shape index (κ1) is 20.6. The minimum atomic E-state index is 0. The van der Waals surface area contributed by atoms with Gasteiger partial charge in [0, 0.05) is 30.4 Å². The van der Waals surface area contributed by atoms with Gasteiger partial charge in [-0.15, -0.1) is 24.0 Å². The van der Waals surface area contributed by atoms with Gasteiger partial charge in [0.15, 0.2) is 5.96 Å². The first-order valence-corrected chi connectivity index (χ1v) is 10.2. The van der Waals surface area contributed by atoms with Crippen LogP contribution in [0.5, 0.6) is 0 Å². The number of rotatable bonds is 5. The van der Waals surface area contributed by atoms with E-state index in [1.165, 1.54) is 38.0 Å². The van der Waals surface area contributed by atoms with Crippen LogP contribution < -0.4 is 10.6 Å². The van der Waals surface area contributed by atoms with E-state index in [1.54, 1.807) is 0 Å². The molecule has 0 bridgehead atoms. The number of ether oxygens (including phenoxy) is 1. The van der Waals surface area contributed by atoms with E-state index in [1.807, 2.05) is 0 Å². The zero-order valence-corrected chi connectivity index (χ0v) is 18.2. The molecular formula is C17H33IN4OS. The van der Waals surface area contributed by atoms with Gasteiger partial charge in [-0.05, 0) is 51.8 Å². The molecule has 0 radical (unpaired) electrons. The molecule has 3 aliphatic heterocycles. The quantitative estimate of drug-likeness (QED) is 0.369. The molecule has 140 valence electrons. The van der Waals surface area contributed by atoms with Crippen molar-refractivity contribution in [3.05, 3.63) is 0 Å². The number of nitrogens with one attached hydrogen (secondary N) is 2. The summed E-state index contributed by atoms with van der Waals surface area (Å²) in [4.78, 5) is 7.42. The van der Waals surface area contributed by atoms with E-state index >= 15 is 0 Å². The molecular weight excluding hydrogens is 435 g/mol. The standard InChI is InChI=1S/C17H32N4OS.HI/c1-3-18-16(20-13-17(2)7-5-9-23-17)19-10-15-11-21-8-4-6-14(21)12-22-15;/h14-15H,3-13H2,1-2H3,(H2,18,19,20);1H. The van der Waals surface area contributed by atoms with Gasteiger partial charge in [-0.1, -0.05) is 0 Å². The molecule has 3 heterocycles. The summed E-state index contributed by atoms with van der Waals surface area (Å²) in [6, 6.07) is 0.674. The van der Waals surface area contributed by atoms with Crippen LogP contribution in [-0.2, 0) is 4.74 Å². The first-order valence-electron chi connectivity index (χ1n) is 9.20. The Bertz CT molecular complexity index is 417. The fraction of sp³-hybridized carbons (Fsp3) is 0.941. The van der Waals surface area contributed by atoms with Gasteiger partial charge < -0.3 is 15.4 Å². The maximum absolute atomic E-state index is 6.03. The summed E-state index contributed by atoms with van der Waals surface area (Å²) in [5.41, 5.74) is 0. The number of halogens is 1. The lowest BCUT2D eigenvalue weighted by atomic mass is 10.1. The number of guanidine groups is 1. The Morgan fingerprint density at radius 2 is 2.25 bits per heavy atom. The highest BCUT2D eigenvalue weighted by atomic mass is 127. The topological polar surface area (TPSA) is 48.9 Å². The molecule has 3 saturated heterocycles. The minimum Gasteiger partial charge on any atom is -0.373 e. The monoisotopic (exact) mass is 468 g/mol. The van der Waals surface area contributed by atoms with Gasteiger partial charge in [0.25, 0.3) is 0 Å². The van der Waals surface area contributed by atoms with Crippen molar-refractivity contribution < 1.29 is 4.74 Å². The molecule has 0 saturated carbocycles. The summed E-state index contributed by atoms with van der Waals surface area (Å²) in [5, 5.41) is 6.86. The molecule has 2 N–H and O–H groups in total. The fourth-order valence-corrected chi connectivity index (χ4v) is 5.00. The van der Waals surface area contributed by atoms with Crippen LogP contribution in [0.2, 0.25) is 0 Å². The Hall–Kier alpha value is 0.270. The second kappa shape index (κ2) is 9.83. The number of aliphatic imine (C=N–C) groups is 1. The minimum absolute atomic E-state index is 0. The zero-order valence-electron chi connectivity index (χ0n) is 15.1. The fourth-order valence-electron chi connectivity index (χ4n) is 3.77. The smallest absolute Gasteiger partial charge is 0.191 e. The predicted molar refractivity (Wildman–Crippen MR) is 114 cm³/mol. The van der Waals surface area contributed by atoms with Gasteiger partial charge in [-0.25, -0.2) is 0 Å². The van der Waals surface area contributed by atoms with Crippen LogP contribution >= 0.6 is 35.7 Å². The third kappa shape index (κ3) is 5.64. The number of hydrogen-bond donors (Lipinski definition) is 2. The van der Waals surface area contributed by atoms with Crippen molar-refractivity contribution in [1.82, 2.24) is 15.5 Å². The third-order valence-corrected chi connectivity index (χ3v) is 6.70. The molecule has 3 aliphatic rings. The lowest BCUT2D eigenvalue weighted by Gasteiger charge is -2.35. The molecule has 0 amide bonds.